The van der Waals surface area contributed by atoms with Crippen LogP contribution in [0.5, 0.6) is 0 Å². The quantitative estimate of drug-likeness (QED) is 0.845. The Hall–Kier alpha value is -0.380. The van der Waals surface area contributed by atoms with Crippen LogP contribution in [0.15, 0.2) is 17.5 Å². The van der Waals surface area contributed by atoms with Crippen molar-refractivity contribution in [3.8, 4) is 0 Å². The molecule has 1 aromatic heterocycles. The van der Waals surface area contributed by atoms with Crippen molar-refractivity contribution >= 4 is 11.3 Å². The standard InChI is InChI=1S/C15H26N2S/c1-3-10-17(12-14-7-4-5-9-16-14)13(2)15-8-6-11-18-15/h6,8,11,13-14,16H,3-5,7,9-10,12H2,1-2H3. The van der Waals surface area contributed by atoms with Gasteiger partial charge in [-0.1, -0.05) is 19.4 Å². The Balaban J connectivity index is 1.93. The first-order valence-corrected chi connectivity index (χ1v) is 8.20. The molecule has 0 bridgehead atoms. The number of hydrogen-bond donors (Lipinski definition) is 1. The monoisotopic (exact) mass is 266 g/mol. The molecule has 3 heteroatoms. The fourth-order valence-corrected chi connectivity index (χ4v) is 3.62. The van der Waals surface area contributed by atoms with Crippen LogP contribution in [-0.2, 0) is 0 Å². The summed E-state index contributed by atoms with van der Waals surface area (Å²) in [6, 6.07) is 5.70. The lowest BCUT2D eigenvalue weighted by Gasteiger charge is -2.34. The zero-order valence-electron chi connectivity index (χ0n) is 11.7. The Kier molecular flexibility index (Phi) is 5.67. The number of nitrogens with one attached hydrogen (secondary N) is 1. The van der Waals surface area contributed by atoms with Gasteiger partial charge in [-0.3, -0.25) is 4.90 Å². The van der Waals surface area contributed by atoms with Gasteiger partial charge in [0, 0.05) is 23.5 Å². The van der Waals surface area contributed by atoms with Crippen molar-refractivity contribution in [2.45, 2.75) is 51.6 Å². The van der Waals surface area contributed by atoms with Gasteiger partial charge in [0.25, 0.3) is 0 Å². The molecule has 2 nitrogen and oxygen atoms in total. The van der Waals surface area contributed by atoms with Crippen molar-refractivity contribution in [3.05, 3.63) is 22.4 Å². The lowest BCUT2D eigenvalue weighted by Crippen LogP contribution is -2.44. The zero-order valence-corrected chi connectivity index (χ0v) is 12.5. The van der Waals surface area contributed by atoms with Crippen molar-refractivity contribution in [2.75, 3.05) is 19.6 Å². The molecule has 102 valence electrons. The molecule has 0 aliphatic carbocycles. The van der Waals surface area contributed by atoms with Gasteiger partial charge < -0.3 is 5.32 Å². The summed E-state index contributed by atoms with van der Waals surface area (Å²) >= 11 is 1.89. The zero-order chi connectivity index (χ0) is 12.8. The Morgan fingerprint density at radius 2 is 2.39 bits per heavy atom. The van der Waals surface area contributed by atoms with Crippen LogP contribution in [0, 0.1) is 0 Å². The predicted octanol–water partition coefficient (Wildman–Crippen LogP) is 3.66. The van der Waals surface area contributed by atoms with E-state index in [0.29, 0.717) is 12.1 Å². The van der Waals surface area contributed by atoms with E-state index in [1.807, 2.05) is 11.3 Å². The van der Waals surface area contributed by atoms with Crippen LogP contribution in [0.1, 0.15) is 50.4 Å². The molecule has 1 aliphatic rings. The summed E-state index contributed by atoms with van der Waals surface area (Å²) in [6.07, 6.45) is 5.33. The van der Waals surface area contributed by atoms with Gasteiger partial charge in [-0.05, 0) is 50.7 Å². The topological polar surface area (TPSA) is 15.3 Å². The van der Waals surface area contributed by atoms with Gasteiger partial charge in [0.1, 0.15) is 0 Å². The molecule has 2 atom stereocenters. The molecule has 1 fully saturated rings. The van der Waals surface area contributed by atoms with Crippen LogP contribution in [0.2, 0.25) is 0 Å². The molecule has 2 rings (SSSR count). The molecule has 0 amide bonds. The van der Waals surface area contributed by atoms with E-state index < -0.39 is 0 Å². The maximum Gasteiger partial charge on any atom is 0.0413 e. The second-order valence-corrected chi connectivity index (χ2v) is 6.31. The smallest absolute Gasteiger partial charge is 0.0413 e. The van der Waals surface area contributed by atoms with E-state index in [-0.39, 0.29) is 0 Å². The van der Waals surface area contributed by atoms with Gasteiger partial charge in [0.2, 0.25) is 0 Å². The normalized spacial score (nSPS) is 22.3. The highest BCUT2D eigenvalue weighted by Crippen LogP contribution is 2.25. The highest BCUT2D eigenvalue weighted by atomic mass is 32.1. The first kappa shape index (κ1) is 14.0. The molecule has 1 saturated heterocycles. The third-order valence-corrected chi connectivity index (χ3v) is 4.92. The largest absolute Gasteiger partial charge is 0.313 e. The van der Waals surface area contributed by atoms with Gasteiger partial charge in [-0.2, -0.15) is 0 Å². The Bertz CT molecular complexity index is 317. The van der Waals surface area contributed by atoms with E-state index in [9.17, 15) is 0 Å². The van der Waals surface area contributed by atoms with Crippen molar-refractivity contribution in [2.24, 2.45) is 0 Å². The van der Waals surface area contributed by atoms with E-state index in [1.54, 1.807) is 0 Å². The number of hydrogen-bond acceptors (Lipinski definition) is 3. The molecule has 0 radical (unpaired) electrons. The van der Waals surface area contributed by atoms with E-state index >= 15 is 0 Å². The molecule has 1 N–H and O–H groups in total. The average Bonchev–Trinajstić information content (AvgIpc) is 2.92. The Morgan fingerprint density at radius 1 is 1.50 bits per heavy atom. The lowest BCUT2D eigenvalue weighted by molar-refractivity contribution is 0.178. The van der Waals surface area contributed by atoms with Crippen molar-refractivity contribution in [3.63, 3.8) is 0 Å². The highest BCUT2D eigenvalue weighted by Gasteiger charge is 2.21. The summed E-state index contributed by atoms with van der Waals surface area (Å²) in [7, 11) is 0. The second-order valence-electron chi connectivity index (χ2n) is 5.33. The Labute approximate surface area is 115 Å². The molecule has 1 aromatic rings. The summed E-state index contributed by atoms with van der Waals surface area (Å²) in [5.41, 5.74) is 0. The lowest BCUT2D eigenvalue weighted by atomic mass is 10.0. The van der Waals surface area contributed by atoms with Crippen LogP contribution in [0.4, 0.5) is 0 Å². The summed E-state index contributed by atoms with van der Waals surface area (Å²) in [4.78, 5) is 4.15. The van der Waals surface area contributed by atoms with Crippen LogP contribution in [0.25, 0.3) is 0 Å². The van der Waals surface area contributed by atoms with Crippen molar-refractivity contribution < 1.29 is 0 Å². The van der Waals surface area contributed by atoms with Gasteiger partial charge in [-0.15, -0.1) is 11.3 Å². The van der Waals surface area contributed by atoms with E-state index in [2.05, 4.69) is 41.6 Å². The first-order valence-electron chi connectivity index (χ1n) is 7.32. The summed E-state index contributed by atoms with van der Waals surface area (Å²) in [6.45, 7) is 8.24. The molecule has 2 heterocycles. The number of thiophene rings is 1. The van der Waals surface area contributed by atoms with Crippen LogP contribution in [0.3, 0.4) is 0 Å². The molecule has 0 aromatic carbocycles. The minimum absolute atomic E-state index is 0.564. The molecular weight excluding hydrogens is 240 g/mol. The van der Waals surface area contributed by atoms with Gasteiger partial charge in [0.05, 0.1) is 0 Å². The number of piperidine rings is 1. The number of nitrogens with zero attached hydrogens (tertiary/aromatic N) is 1. The average molecular weight is 266 g/mol. The molecule has 0 saturated carbocycles. The molecule has 2 unspecified atom stereocenters. The second kappa shape index (κ2) is 7.27. The summed E-state index contributed by atoms with van der Waals surface area (Å²) < 4.78 is 0. The summed E-state index contributed by atoms with van der Waals surface area (Å²) in [5.74, 6) is 0. The van der Waals surface area contributed by atoms with Crippen LogP contribution < -0.4 is 5.32 Å². The highest BCUT2D eigenvalue weighted by molar-refractivity contribution is 7.10. The van der Waals surface area contributed by atoms with E-state index in [0.717, 1.165) is 0 Å². The maximum atomic E-state index is 3.67. The third kappa shape index (κ3) is 3.81. The molecule has 0 spiro atoms. The SMILES string of the molecule is CCCN(CC1CCCCN1)C(C)c1cccs1. The van der Waals surface area contributed by atoms with E-state index in [4.69, 9.17) is 0 Å². The third-order valence-electron chi connectivity index (χ3n) is 3.88. The van der Waals surface area contributed by atoms with E-state index in [1.165, 1.54) is 50.2 Å². The fraction of sp³-hybridized carbons (Fsp3) is 0.733. The molecular formula is C15H26N2S. The Morgan fingerprint density at radius 3 is 3.00 bits per heavy atom. The number of rotatable bonds is 6. The fourth-order valence-electron chi connectivity index (χ4n) is 2.80. The minimum atomic E-state index is 0.564. The van der Waals surface area contributed by atoms with Gasteiger partial charge >= 0.3 is 0 Å². The van der Waals surface area contributed by atoms with Crippen molar-refractivity contribution in [1.29, 1.82) is 0 Å². The van der Waals surface area contributed by atoms with Crippen LogP contribution in [-0.4, -0.2) is 30.6 Å². The first-order chi connectivity index (χ1) is 8.81. The minimum Gasteiger partial charge on any atom is -0.313 e. The maximum absolute atomic E-state index is 3.67. The molecule has 18 heavy (non-hydrogen) atoms. The predicted molar refractivity (Wildman–Crippen MR) is 80.2 cm³/mol. The van der Waals surface area contributed by atoms with Gasteiger partial charge in [0.15, 0.2) is 0 Å². The van der Waals surface area contributed by atoms with Gasteiger partial charge in [-0.25, -0.2) is 0 Å². The molecule has 1 aliphatic heterocycles. The summed E-state index contributed by atoms with van der Waals surface area (Å²) in [5, 5.41) is 5.86. The van der Waals surface area contributed by atoms with Crippen LogP contribution >= 0.6 is 11.3 Å². The van der Waals surface area contributed by atoms with Crippen molar-refractivity contribution in [1.82, 2.24) is 10.2 Å².